The quantitative estimate of drug-likeness (QED) is 0.742. The molecule has 0 spiro atoms. The summed E-state index contributed by atoms with van der Waals surface area (Å²) >= 11 is 3.31. The lowest BCUT2D eigenvalue weighted by atomic mass is 10.1. The van der Waals surface area contributed by atoms with Gasteiger partial charge in [-0.15, -0.1) is 0 Å². The van der Waals surface area contributed by atoms with Gasteiger partial charge >= 0.3 is 5.97 Å². The molecule has 2 aromatic carbocycles. The van der Waals surface area contributed by atoms with Gasteiger partial charge in [-0.1, -0.05) is 22.0 Å². The van der Waals surface area contributed by atoms with Gasteiger partial charge in [-0.2, -0.15) is 0 Å². The molecule has 0 heterocycles. The molecule has 2 aromatic rings. The number of amides is 1. The first-order valence-electron chi connectivity index (χ1n) is 6.09. The number of hydrogen-bond acceptors (Lipinski definition) is 3. The van der Waals surface area contributed by atoms with Crippen LogP contribution >= 0.6 is 15.9 Å². The first kappa shape index (κ1) is 15.1. The molecule has 2 rings (SSSR count). The first-order valence-corrected chi connectivity index (χ1v) is 6.88. The number of aromatic carboxylic acids is 1. The Balaban J connectivity index is 2.36. The lowest BCUT2D eigenvalue weighted by Gasteiger charge is -2.11. The third kappa shape index (κ3) is 3.41. The number of nitrogens with two attached hydrogens (primary N) is 1. The summed E-state index contributed by atoms with van der Waals surface area (Å²) in [6.07, 6.45) is 0. The topological polar surface area (TPSA) is 92.4 Å². The summed E-state index contributed by atoms with van der Waals surface area (Å²) in [5.41, 5.74) is 7.32. The maximum atomic E-state index is 12.3. The molecule has 0 aromatic heterocycles. The normalized spacial score (nSPS) is 10.2. The van der Waals surface area contributed by atoms with Gasteiger partial charge in [0, 0.05) is 15.7 Å². The monoisotopic (exact) mass is 348 g/mol. The Morgan fingerprint density at radius 2 is 1.86 bits per heavy atom. The van der Waals surface area contributed by atoms with Crippen LogP contribution in [0.25, 0.3) is 0 Å². The minimum Gasteiger partial charge on any atom is -0.478 e. The fourth-order valence-electron chi connectivity index (χ4n) is 1.88. The summed E-state index contributed by atoms with van der Waals surface area (Å²) in [6, 6.07) is 9.64. The second-order valence-corrected chi connectivity index (χ2v) is 5.44. The highest BCUT2D eigenvalue weighted by molar-refractivity contribution is 9.10. The number of rotatable bonds is 3. The number of nitrogen functional groups attached to an aromatic ring is 1. The van der Waals surface area contributed by atoms with Crippen LogP contribution in [0.5, 0.6) is 0 Å². The van der Waals surface area contributed by atoms with Crippen molar-refractivity contribution in [2.45, 2.75) is 6.92 Å². The van der Waals surface area contributed by atoms with Crippen LogP contribution in [0.1, 0.15) is 26.3 Å². The molecular weight excluding hydrogens is 336 g/mol. The van der Waals surface area contributed by atoms with Gasteiger partial charge in [0.15, 0.2) is 0 Å². The largest absolute Gasteiger partial charge is 0.478 e. The second kappa shape index (κ2) is 5.97. The van der Waals surface area contributed by atoms with Crippen molar-refractivity contribution in [3.8, 4) is 0 Å². The fourth-order valence-corrected chi connectivity index (χ4v) is 2.24. The van der Waals surface area contributed by atoms with Crippen LogP contribution in [-0.2, 0) is 0 Å². The molecule has 4 N–H and O–H groups in total. The van der Waals surface area contributed by atoms with E-state index in [1.807, 2.05) is 13.0 Å². The van der Waals surface area contributed by atoms with Crippen molar-refractivity contribution in [2.24, 2.45) is 0 Å². The number of aryl methyl sites for hydroxylation is 1. The predicted octanol–water partition coefficient (Wildman–Crippen LogP) is 3.29. The standard InChI is InChI=1S/C15H13BrN2O3/c1-8-2-3-9(16)6-11(8)14(19)18-13-5-4-10(17)7-12(13)15(20)21/h2-7H,17H2,1H3,(H,18,19)(H,20,21). The van der Waals surface area contributed by atoms with Crippen LogP contribution in [0.3, 0.4) is 0 Å². The van der Waals surface area contributed by atoms with E-state index >= 15 is 0 Å². The summed E-state index contributed by atoms with van der Waals surface area (Å²) in [4.78, 5) is 23.5. The molecule has 0 unspecified atom stereocenters. The lowest BCUT2D eigenvalue weighted by Crippen LogP contribution is -2.16. The molecule has 0 aliphatic carbocycles. The van der Waals surface area contributed by atoms with Crippen LogP contribution in [0, 0.1) is 6.92 Å². The predicted molar refractivity (Wildman–Crippen MR) is 84.6 cm³/mol. The maximum absolute atomic E-state index is 12.3. The zero-order valence-electron chi connectivity index (χ0n) is 11.2. The van der Waals surface area contributed by atoms with Crippen LogP contribution in [0.4, 0.5) is 11.4 Å². The van der Waals surface area contributed by atoms with E-state index in [0.717, 1.165) is 10.0 Å². The number of nitrogens with one attached hydrogen (secondary N) is 1. The highest BCUT2D eigenvalue weighted by Gasteiger charge is 2.15. The molecule has 0 saturated carbocycles. The van der Waals surface area contributed by atoms with E-state index in [1.54, 1.807) is 12.1 Å². The molecule has 0 bridgehead atoms. The number of halogens is 1. The van der Waals surface area contributed by atoms with Gasteiger partial charge in [-0.05, 0) is 42.8 Å². The van der Waals surface area contributed by atoms with E-state index in [9.17, 15) is 9.59 Å². The van der Waals surface area contributed by atoms with Gasteiger partial charge in [0.2, 0.25) is 0 Å². The molecule has 1 amide bonds. The fraction of sp³-hybridized carbons (Fsp3) is 0.0667. The third-order valence-electron chi connectivity index (χ3n) is 2.97. The van der Waals surface area contributed by atoms with E-state index in [4.69, 9.17) is 10.8 Å². The average Bonchev–Trinajstić information content (AvgIpc) is 2.43. The molecule has 0 saturated heterocycles. The minimum atomic E-state index is -1.15. The van der Waals surface area contributed by atoms with Gasteiger partial charge in [-0.3, -0.25) is 4.79 Å². The lowest BCUT2D eigenvalue weighted by molar-refractivity contribution is 0.0698. The smallest absolute Gasteiger partial charge is 0.337 e. The van der Waals surface area contributed by atoms with Crippen LogP contribution in [0.2, 0.25) is 0 Å². The van der Waals surface area contributed by atoms with Crippen LogP contribution in [0.15, 0.2) is 40.9 Å². The molecule has 21 heavy (non-hydrogen) atoms. The van der Waals surface area contributed by atoms with E-state index in [-0.39, 0.29) is 17.2 Å². The first-order chi connectivity index (χ1) is 9.88. The van der Waals surface area contributed by atoms with Crippen LogP contribution in [-0.4, -0.2) is 17.0 Å². The summed E-state index contributed by atoms with van der Waals surface area (Å²) < 4.78 is 0.772. The highest BCUT2D eigenvalue weighted by atomic mass is 79.9. The molecule has 0 radical (unpaired) electrons. The molecule has 0 aliphatic rings. The van der Waals surface area contributed by atoms with E-state index in [1.165, 1.54) is 18.2 Å². The summed E-state index contributed by atoms with van der Waals surface area (Å²) in [6.45, 7) is 1.81. The SMILES string of the molecule is Cc1ccc(Br)cc1C(=O)Nc1ccc(N)cc1C(=O)O. The van der Waals surface area contributed by atoms with Gasteiger partial charge in [0.25, 0.3) is 5.91 Å². The Morgan fingerprint density at radius 3 is 2.52 bits per heavy atom. The second-order valence-electron chi connectivity index (χ2n) is 4.52. The average molecular weight is 349 g/mol. The Labute approximate surface area is 129 Å². The van der Waals surface area contributed by atoms with Crippen molar-refractivity contribution in [1.82, 2.24) is 0 Å². The van der Waals surface area contributed by atoms with Crippen molar-refractivity contribution < 1.29 is 14.7 Å². The number of hydrogen-bond donors (Lipinski definition) is 3. The van der Waals surface area contributed by atoms with E-state index < -0.39 is 5.97 Å². The maximum Gasteiger partial charge on any atom is 0.337 e. The Kier molecular flexibility index (Phi) is 4.28. The van der Waals surface area contributed by atoms with Crippen molar-refractivity contribution in [3.05, 3.63) is 57.6 Å². The summed E-state index contributed by atoms with van der Waals surface area (Å²) in [7, 11) is 0. The molecule has 6 heteroatoms. The number of benzene rings is 2. The molecule has 5 nitrogen and oxygen atoms in total. The summed E-state index contributed by atoms with van der Waals surface area (Å²) in [5.74, 6) is -1.52. The molecule has 0 atom stereocenters. The number of anilines is 2. The van der Waals surface area contributed by atoms with E-state index in [0.29, 0.717) is 11.3 Å². The highest BCUT2D eigenvalue weighted by Crippen LogP contribution is 2.22. The number of carboxylic acid groups (broad SMARTS) is 1. The zero-order valence-corrected chi connectivity index (χ0v) is 12.8. The molecular formula is C15H13BrN2O3. The van der Waals surface area contributed by atoms with Crippen molar-refractivity contribution in [2.75, 3.05) is 11.1 Å². The Bertz CT molecular complexity index is 729. The van der Waals surface area contributed by atoms with Gasteiger partial charge in [0.05, 0.1) is 11.3 Å². The molecule has 0 fully saturated rings. The van der Waals surface area contributed by atoms with Gasteiger partial charge in [0.1, 0.15) is 0 Å². The number of carbonyl (C=O) groups is 2. The Morgan fingerprint density at radius 1 is 1.14 bits per heavy atom. The van der Waals surface area contributed by atoms with Gasteiger partial charge < -0.3 is 16.2 Å². The van der Waals surface area contributed by atoms with Crippen molar-refractivity contribution in [3.63, 3.8) is 0 Å². The Hall–Kier alpha value is -2.34. The third-order valence-corrected chi connectivity index (χ3v) is 3.46. The minimum absolute atomic E-state index is 0.0454. The van der Waals surface area contributed by atoms with Crippen molar-refractivity contribution in [1.29, 1.82) is 0 Å². The number of carbonyl (C=O) groups excluding carboxylic acids is 1. The zero-order chi connectivity index (χ0) is 15.6. The molecule has 0 aliphatic heterocycles. The van der Waals surface area contributed by atoms with Crippen molar-refractivity contribution >= 4 is 39.2 Å². The number of carboxylic acids is 1. The van der Waals surface area contributed by atoms with E-state index in [2.05, 4.69) is 21.2 Å². The van der Waals surface area contributed by atoms with Crippen LogP contribution < -0.4 is 11.1 Å². The molecule has 108 valence electrons. The van der Waals surface area contributed by atoms with Gasteiger partial charge in [-0.25, -0.2) is 4.79 Å². The summed E-state index contributed by atoms with van der Waals surface area (Å²) in [5, 5.41) is 11.8.